The number of nitrogens with one attached hydrogen (secondary N) is 1. The van der Waals surface area contributed by atoms with Crippen LogP contribution in [0.15, 0.2) is 4.99 Å². The van der Waals surface area contributed by atoms with Gasteiger partial charge in [-0.15, -0.1) is 0 Å². The number of rotatable bonds is 4. The Hall–Kier alpha value is -1.06. The SMILES string of the molecule is CC(C)(C)OC(=O)CN=CNC1CCCCC1. The van der Waals surface area contributed by atoms with E-state index in [1.54, 1.807) is 6.34 Å². The van der Waals surface area contributed by atoms with Gasteiger partial charge in [-0.25, -0.2) is 0 Å². The van der Waals surface area contributed by atoms with Gasteiger partial charge in [0, 0.05) is 6.04 Å². The first-order valence-electron chi connectivity index (χ1n) is 6.43. The van der Waals surface area contributed by atoms with Crippen LogP contribution in [0.5, 0.6) is 0 Å². The van der Waals surface area contributed by atoms with Gasteiger partial charge in [0.1, 0.15) is 12.1 Å². The molecule has 1 N–H and O–H groups in total. The van der Waals surface area contributed by atoms with Gasteiger partial charge >= 0.3 is 5.97 Å². The number of hydrogen-bond acceptors (Lipinski definition) is 3. The zero-order valence-electron chi connectivity index (χ0n) is 11.2. The lowest BCUT2D eigenvalue weighted by atomic mass is 9.96. The number of carbonyl (C=O) groups excluding carboxylic acids is 1. The molecule has 98 valence electrons. The molecule has 0 aromatic carbocycles. The first kappa shape index (κ1) is 14.0. The fraction of sp³-hybridized carbons (Fsp3) is 0.846. The molecule has 0 spiro atoms. The van der Waals surface area contributed by atoms with Crippen LogP contribution < -0.4 is 5.32 Å². The van der Waals surface area contributed by atoms with Crippen molar-refractivity contribution in [2.45, 2.75) is 64.5 Å². The maximum Gasteiger partial charge on any atom is 0.328 e. The van der Waals surface area contributed by atoms with Gasteiger partial charge in [-0.2, -0.15) is 0 Å². The Labute approximate surface area is 104 Å². The van der Waals surface area contributed by atoms with Crippen molar-refractivity contribution in [3.63, 3.8) is 0 Å². The average Bonchev–Trinajstić information content (AvgIpc) is 2.23. The summed E-state index contributed by atoms with van der Waals surface area (Å²) in [7, 11) is 0. The molecular formula is C13H24N2O2. The van der Waals surface area contributed by atoms with Crippen LogP contribution in [-0.4, -0.2) is 30.5 Å². The van der Waals surface area contributed by atoms with Gasteiger partial charge in [0.25, 0.3) is 0 Å². The van der Waals surface area contributed by atoms with Crippen molar-refractivity contribution in [1.82, 2.24) is 5.32 Å². The van der Waals surface area contributed by atoms with Crippen molar-refractivity contribution >= 4 is 12.3 Å². The second kappa shape index (κ2) is 6.62. The summed E-state index contributed by atoms with van der Waals surface area (Å²) in [5.74, 6) is -0.279. The Morgan fingerprint density at radius 1 is 1.35 bits per heavy atom. The quantitative estimate of drug-likeness (QED) is 0.466. The summed E-state index contributed by atoms with van der Waals surface area (Å²) >= 11 is 0. The summed E-state index contributed by atoms with van der Waals surface area (Å²) in [5, 5.41) is 3.24. The predicted octanol–water partition coefficient (Wildman–Crippen LogP) is 2.28. The molecule has 0 amide bonds. The molecule has 17 heavy (non-hydrogen) atoms. The highest BCUT2D eigenvalue weighted by Crippen LogP contribution is 2.16. The fourth-order valence-electron chi connectivity index (χ4n) is 1.92. The van der Waals surface area contributed by atoms with E-state index in [0.29, 0.717) is 6.04 Å². The maximum absolute atomic E-state index is 11.3. The van der Waals surface area contributed by atoms with E-state index in [4.69, 9.17) is 4.74 Å². The Bertz CT molecular complexity index is 263. The monoisotopic (exact) mass is 240 g/mol. The summed E-state index contributed by atoms with van der Waals surface area (Å²) in [6.45, 7) is 5.66. The second-order valence-corrected chi connectivity index (χ2v) is 5.56. The third-order valence-electron chi connectivity index (χ3n) is 2.65. The van der Waals surface area contributed by atoms with Gasteiger partial charge in [0.15, 0.2) is 0 Å². The first-order valence-corrected chi connectivity index (χ1v) is 6.43. The van der Waals surface area contributed by atoms with E-state index < -0.39 is 5.60 Å². The molecule has 0 aromatic rings. The third-order valence-corrected chi connectivity index (χ3v) is 2.65. The van der Waals surface area contributed by atoms with Gasteiger partial charge < -0.3 is 10.1 Å². The van der Waals surface area contributed by atoms with E-state index in [-0.39, 0.29) is 12.5 Å². The highest BCUT2D eigenvalue weighted by molar-refractivity contribution is 5.74. The Morgan fingerprint density at radius 2 is 2.00 bits per heavy atom. The molecule has 0 bridgehead atoms. The number of esters is 1. The van der Waals surface area contributed by atoms with Gasteiger partial charge in [0.05, 0.1) is 6.34 Å². The molecule has 0 saturated heterocycles. The lowest BCUT2D eigenvalue weighted by molar-refractivity contribution is -0.152. The van der Waals surface area contributed by atoms with Gasteiger partial charge in [0.2, 0.25) is 0 Å². The molecule has 4 heteroatoms. The van der Waals surface area contributed by atoms with Crippen LogP contribution in [0, 0.1) is 0 Å². The molecule has 0 aromatic heterocycles. The molecular weight excluding hydrogens is 216 g/mol. The molecule has 0 radical (unpaired) electrons. The third kappa shape index (κ3) is 6.97. The maximum atomic E-state index is 11.3. The van der Waals surface area contributed by atoms with Gasteiger partial charge in [-0.3, -0.25) is 9.79 Å². The van der Waals surface area contributed by atoms with E-state index in [1.165, 1.54) is 32.1 Å². The van der Waals surface area contributed by atoms with Crippen molar-refractivity contribution in [3.05, 3.63) is 0 Å². The molecule has 4 nitrogen and oxygen atoms in total. The fourth-order valence-corrected chi connectivity index (χ4v) is 1.92. The summed E-state index contributed by atoms with van der Waals surface area (Å²) in [5.41, 5.74) is -0.427. The van der Waals surface area contributed by atoms with Crippen molar-refractivity contribution < 1.29 is 9.53 Å². The van der Waals surface area contributed by atoms with E-state index in [2.05, 4.69) is 10.3 Å². The molecule has 1 rings (SSSR count). The smallest absolute Gasteiger partial charge is 0.328 e. The van der Waals surface area contributed by atoms with Crippen LogP contribution in [0.4, 0.5) is 0 Å². The lowest BCUT2D eigenvalue weighted by Crippen LogP contribution is -2.30. The highest BCUT2D eigenvalue weighted by atomic mass is 16.6. The molecule has 1 aliphatic carbocycles. The zero-order valence-corrected chi connectivity index (χ0v) is 11.2. The Kier molecular flexibility index (Phi) is 5.45. The number of carbonyl (C=O) groups is 1. The van der Waals surface area contributed by atoms with Crippen LogP contribution in [0.1, 0.15) is 52.9 Å². The van der Waals surface area contributed by atoms with E-state index >= 15 is 0 Å². The zero-order chi connectivity index (χ0) is 12.7. The van der Waals surface area contributed by atoms with Crippen molar-refractivity contribution in [3.8, 4) is 0 Å². The molecule has 0 aliphatic heterocycles. The average molecular weight is 240 g/mol. The predicted molar refractivity (Wildman–Crippen MR) is 69.2 cm³/mol. The van der Waals surface area contributed by atoms with Crippen LogP contribution in [0.3, 0.4) is 0 Å². The van der Waals surface area contributed by atoms with Gasteiger partial charge in [-0.05, 0) is 33.6 Å². The van der Waals surface area contributed by atoms with Gasteiger partial charge in [-0.1, -0.05) is 19.3 Å². The Morgan fingerprint density at radius 3 is 2.59 bits per heavy atom. The van der Waals surface area contributed by atoms with E-state index in [0.717, 1.165) is 0 Å². The number of nitrogens with zero attached hydrogens (tertiary/aromatic N) is 1. The summed E-state index contributed by atoms with van der Waals surface area (Å²) in [4.78, 5) is 15.4. The minimum absolute atomic E-state index is 0.0942. The topological polar surface area (TPSA) is 50.7 Å². The molecule has 0 unspecified atom stereocenters. The normalized spacial score (nSPS) is 18.3. The molecule has 1 fully saturated rings. The van der Waals surface area contributed by atoms with E-state index in [1.807, 2.05) is 20.8 Å². The summed E-state index contributed by atoms with van der Waals surface area (Å²) in [6.07, 6.45) is 7.99. The lowest BCUT2D eigenvalue weighted by Gasteiger charge is -2.21. The number of hydrogen-bond donors (Lipinski definition) is 1. The second-order valence-electron chi connectivity index (χ2n) is 5.56. The van der Waals surface area contributed by atoms with Crippen molar-refractivity contribution in [2.75, 3.05) is 6.54 Å². The summed E-state index contributed by atoms with van der Waals surface area (Å²) in [6, 6.07) is 0.533. The molecule has 0 atom stereocenters. The number of aliphatic imine (C=N–C) groups is 1. The van der Waals surface area contributed by atoms with Crippen LogP contribution >= 0.6 is 0 Å². The molecule has 1 aliphatic rings. The standard InChI is InChI=1S/C13H24N2O2/c1-13(2,3)17-12(16)9-14-10-15-11-7-5-4-6-8-11/h10-11H,4-9H2,1-3H3,(H,14,15). The largest absolute Gasteiger partial charge is 0.459 e. The minimum atomic E-state index is -0.427. The van der Waals surface area contributed by atoms with Crippen LogP contribution in [-0.2, 0) is 9.53 Å². The Balaban J connectivity index is 2.14. The number of ether oxygens (including phenoxy) is 1. The van der Waals surface area contributed by atoms with Crippen molar-refractivity contribution in [2.24, 2.45) is 4.99 Å². The van der Waals surface area contributed by atoms with Crippen molar-refractivity contribution in [1.29, 1.82) is 0 Å². The summed E-state index contributed by atoms with van der Waals surface area (Å²) < 4.78 is 5.15. The van der Waals surface area contributed by atoms with Crippen LogP contribution in [0.25, 0.3) is 0 Å². The molecule has 1 saturated carbocycles. The highest BCUT2D eigenvalue weighted by Gasteiger charge is 2.15. The minimum Gasteiger partial charge on any atom is -0.459 e. The van der Waals surface area contributed by atoms with E-state index in [9.17, 15) is 4.79 Å². The van der Waals surface area contributed by atoms with Crippen LogP contribution in [0.2, 0.25) is 0 Å². The molecule has 0 heterocycles. The first-order chi connectivity index (χ1) is 7.97.